The van der Waals surface area contributed by atoms with E-state index in [4.69, 9.17) is 0 Å². The van der Waals surface area contributed by atoms with Crippen LogP contribution in [0.5, 0.6) is 0 Å². The Bertz CT molecular complexity index is 1000. The maximum atomic E-state index is 12.6. The smallest absolute Gasteiger partial charge is 0.233 e. The van der Waals surface area contributed by atoms with Gasteiger partial charge in [-0.15, -0.1) is 10.2 Å². The van der Waals surface area contributed by atoms with Crippen molar-refractivity contribution in [2.45, 2.75) is 29.9 Å². The van der Waals surface area contributed by atoms with Crippen molar-refractivity contribution in [3.8, 4) is 0 Å². The van der Waals surface area contributed by atoms with Crippen LogP contribution in [0.25, 0.3) is 0 Å². The number of rotatable bonds is 7. The summed E-state index contributed by atoms with van der Waals surface area (Å²) in [7, 11) is -3.50. The van der Waals surface area contributed by atoms with Gasteiger partial charge in [0.05, 0.1) is 10.8 Å². The van der Waals surface area contributed by atoms with Crippen molar-refractivity contribution in [2.24, 2.45) is 0 Å². The molecule has 1 atom stereocenters. The molecular formula is C19H19N3O3S2. The molecule has 0 aliphatic heterocycles. The second-order valence-electron chi connectivity index (χ2n) is 5.93. The van der Waals surface area contributed by atoms with E-state index in [-0.39, 0.29) is 22.5 Å². The van der Waals surface area contributed by atoms with Gasteiger partial charge in [-0.2, -0.15) is 0 Å². The minimum atomic E-state index is -3.50. The van der Waals surface area contributed by atoms with Crippen LogP contribution in [0.15, 0.2) is 65.6 Å². The van der Waals surface area contributed by atoms with Crippen LogP contribution in [0.3, 0.4) is 0 Å². The second-order valence-corrected chi connectivity index (χ2v) is 8.99. The third-order valence-electron chi connectivity index (χ3n) is 4.04. The summed E-state index contributed by atoms with van der Waals surface area (Å²) < 4.78 is 24.8. The number of carbonyl (C=O) groups is 1. The van der Waals surface area contributed by atoms with Gasteiger partial charge in [-0.3, -0.25) is 10.1 Å². The number of aromatic nitrogens is 2. The fourth-order valence-corrected chi connectivity index (χ4v) is 5.05. The van der Waals surface area contributed by atoms with Crippen molar-refractivity contribution in [3.63, 3.8) is 0 Å². The van der Waals surface area contributed by atoms with E-state index in [0.717, 1.165) is 16.9 Å². The Morgan fingerprint density at radius 2 is 1.67 bits per heavy atom. The summed E-state index contributed by atoms with van der Waals surface area (Å²) in [6, 6.07) is 17.7. The van der Waals surface area contributed by atoms with Gasteiger partial charge in [0.15, 0.2) is 9.84 Å². The predicted octanol–water partition coefficient (Wildman–Crippen LogP) is 3.64. The fourth-order valence-electron chi connectivity index (χ4n) is 2.69. The first-order chi connectivity index (χ1) is 13.0. The Morgan fingerprint density at radius 3 is 2.30 bits per heavy atom. The Balaban J connectivity index is 1.70. The topological polar surface area (TPSA) is 89.0 Å². The fraction of sp³-hybridized carbons (Fsp3) is 0.211. The van der Waals surface area contributed by atoms with Gasteiger partial charge < -0.3 is 0 Å². The van der Waals surface area contributed by atoms with Crippen LogP contribution in [-0.4, -0.2) is 24.5 Å². The minimum absolute atomic E-state index is 0.183. The molecule has 0 spiro atoms. The molecule has 0 fully saturated rings. The van der Waals surface area contributed by atoms with Crippen molar-refractivity contribution < 1.29 is 13.2 Å². The van der Waals surface area contributed by atoms with Crippen LogP contribution in [0.4, 0.5) is 5.13 Å². The van der Waals surface area contributed by atoms with Crippen molar-refractivity contribution >= 4 is 32.2 Å². The zero-order chi connectivity index (χ0) is 19.3. The average Bonchev–Trinajstić information content (AvgIpc) is 3.10. The highest BCUT2D eigenvalue weighted by Gasteiger charge is 2.22. The molecule has 6 nitrogen and oxygen atoms in total. The normalized spacial score (nSPS) is 12.5. The van der Waals surface area contributed by atoms with Gasteiger partial charge in [-0.05, 0) is 24.1 Å². The molecule has 1 N–H and O–H groups in total. The monoisotopic (exact) mass is 401 g/mol. The van der Waals surface area contributed by atoms with Gasteiger partial charge in [0.2, 0.25) is 11.0 Å². The number of carbonyl (C=O) groups excluding carboxylic acids is 1. The first-order valence-corrected chi connectivity index (χ1v) is 10.9. The Morgan fingerprint density at radius 1 is 1.04 bits per heavy atom. The number of nitrogens with one attached hydrogen (secondary N) is 1. The van der Waals surface area contributed by atoms with E-state index in [1.54, 1.807) is 30.3 Å². The lowest BCUT2D eigenvalue weighted by Gasteiger charge is -2.13. The van der Waals surface area contributed by atoms with Crippen LogP contribution in [0.2, 0.25) is 0 Å². The Labute approximate surface area is 162 Å². The minimum Gasteiger partial charge on any atom is -0.300 e. The van der Waals surface area contributed by atoms with Crippen LogP contribution < -0.4 is 5.32 Å². The summed E-state index contributed by atoms with van der Waals surface area (Å²) in [5.41, 5.74) is 0.925. The lowest BCUT2D eigenvalue weighted by atomic mass is 9.96. The zero-order valence-corrected chi connectivity index (χ0v) is 16.3. The molecule has 1 amide bonds. The molecule has 2 aromatic carbocycles. The molecule has 3 rings (SSSR count). The Hall–Kier alpha value is -2.58. The maximum Gasteiger partial charge on any atom is 0.233 e. The standard InChI is InChI=1S/C19H19N3O3S2/c1-2-16(14-9-5-3-6-10-14)18(23)20-19-22-21-17(26-19)13-27(24,25)15-11-7-4-8-12-15/h3-12,16H,2,13H2,1H3,(H,20,22,23). The summed E-state index contributed by atoms with van der Waals surface area (Å²) in [4.78, 5) is 12.8. The van der Waals surface area contributed by atoms with Gasteiger partial charge in [-0.25, -0.2) is 8.42 Å². The quantitative estimate of drug-likeness (QED) is 0.653. The summed E-state index contributed by atoms with van der Waals surface area (Å²) in [5, 5.41) is 11.2. The van der Waals surface area contributed by atoms with Gasteiger partial charge in [0, 0.05) is 0 Å². The maximum absolute atomic E-state index is 12.6. The second kappa shape index (κ2) is 8.41. The van der Waals surface area contributed by atoms with E-state index in [1.807, 2.05) is 37.3 Å². The highest BCUT2D eigenvalue weighted by molar-refractivity contribution is 7.90. The molecule has 1 aromatic heterocycles. The molecule has 0 radical (unpaired) electrons. The first kappa shape index (κ1) is 19.2. The molecule has 0 aliphatic rings. The number of anilines is 1. The lowest BCUT2D eigenvalue weighted by molar-refractivity contribution is -0.117. The van der Waals surface area contributed by atoms with Crippen LogP contribution in [-0.2, 0) is 20.4 Å². The highest BCUT2D eigenvalue weighted by Crippen LogP contribution is 2.24. The molecule has 8 heteroatoms. The number of hydrogen-bond donors (Lipinski definition) is 1. The first-order valence-electron chi connectivity index (χ1n) is 8.45. The van der Waals surface area contributed by atoms with E-state index < -0.39 is 9.84 Å². The molecular weight excluding hydrogens is 382 g/mol. The van der Waals surface area contributed by atoms with Crippen LogP contribution in [0.1, 0.15) is 29.8 Å². The molecule has 0 saturated heterocycles. The van der Waals surface area contributed by atoms with E-state index in [0.29, 0.717) is 16.6 Å². The van der Waals surface area contributed by atoms with Crippen molar-refractivity contribution in [3.05, 3.63) is 71.2 Å². The molecule has 3 aromatic rings. The van der Waals surface area contributed by atoms with Crippen LogP contribution in [0, 0.1) is 0 Å². The van der Waals surface area contributed by atoms with Crippen molar-refractivity contribution in [1.82, 2.24) is 10.2 Å². The highest BCUT2D eigenvalue weighted by atomic mass is 32.2. The summed E-state index contributed by atoms with van der Waals surface area (Å²) in [5.74, 6) is -0.732. The third kappa shape index (κ3) is 4.78. The van der Waals surface area contributed by atoms with Gasteiger partial charge in [0.25, 0.3) is 0 Å². The number of nitrogens with zero attached hydrogens (tertiary/aromatic N) is 2. The SMILES string of the molecule is CCC(C(=O)Nc1nnc(CS(=O)(=O)c2ccccc2)s1)c1ccccc1. The molecule has 140 valence electrons. The Kier molecular flexibility index (Phi) is 5.98. The van der Waals surface area contributed by atoms with Crippen molar-refractivity contribution in [1.29, 1.82) is 0 Å². The summed E-state index contributed by atoms with van der Waals surface area (Å²) in [6.45, 7) is 1.94. The number of amides is 1. The van der Waals surface area contributed by atoms with E-state index >= 15 is 0 Å². The zero-order valence-electron chi connectivity index (χ0n) is 14.7. The number of hydrogen-bond acceptors (Lipinski definition) is 6. The summed E-state index contributed by atoms with van der Waals surface area (Å²) in [6.07, 6.45) is 0.643. The largest absolute Gasteiger partial charge is 0.300 e. The van der Waals surface area contributed by atoms with E-state index in [1.165, 1.54) is 0 Å². The van der Waals surface area contributed by atoms with Gasteiger partial charge >= 0.3 is 0 Å². The van der Waals surface area contributed by atoms with Crippen LogP contribution >= 0.6 is 11.3 Å². The molecule has 0 aliphatic carbocycles. The third-order valence-corrected chi connectivity index (χ3v) is 6.70. The van der Waals surface area contributed by atoms with E-state index in [2.05, 4.69) is 15.5 Å². The molecule has 1 unspecified atom stereocenters. The molecule has 0 bridgehead atoms. The molecule has 0 saturated carbocycles. The number of benzene rings is 2. The predicted molar refractivity (Wildman–Crippen MR) is 105 cm³/mol. The average molecular weight is 402 g/mol. The van der Waals surface area contributed by atoms with Gasteiger partial charge in [-0.1, -0.05) is 66.8 Å². The summed E-state index contributed by atoms with van der Waals surface area (Å²) >= 11 is 1.07. The van der Waals surface area contributed by atoms with Crippen molar-refractivity contribution in [2.75, 3.05) is 5.32 Å². The van der Waals surface area contributed by atoms with Gasteiger partial charge in [0.1, 0.15) is 10.8 Å². The number of sulfone groups is 1. The van der Waals surface area contributed by atoms with E-state index in [9.17, 15) is 13.2 Å². The molecule has 1 heterocycles. The lowest BCUT2D eigenvalue weighted by Crippen LogP contribution is -2.20. The molecule has 27 heavy (non-hydrogen) atoms.